The Morgan fingerprint density at radius 3 is 3.22 bits per heavy atom. The van der Waals surface area contributed by atoms with Crippen molar-refractivity contribution in [2.75, 3.05) is 6.61 Å². The molecule has 0 unspecified atom stereocenters. The van der Waals surface area contributed by atoms with Crippen LogP contribution in [-0.2, 0) is 12.8 Å². The molecule has 3 rings (SSSR count). The number of hydrogen-bond donors (Lipinski definition) is 0. The maximum absolute atomic E-state index is 11.8. The zero-order valence-electron chi connectivity index (χ0n) is 9.89. The van der Waals surface area contributed by atoms with Crippen LogP contribution in [0.5, 0.6) is 5.75 Å². The minimum atomic E-state index is 0.119. The average molecular weight is 259 g/mol. The molecule has 92 valence electrons. The van der Waals surface area contributed by atoms with E-state index >= 15 is 0 Å². The molecule has 18 heavy (non-hydrogen) atoms. The first-order valence-corrected chi connectivity index (χ1v) is 6.93. The third-order valence-electron chi connectivity index (χ3n) is 3.11. The van der Waals surface area contributed by atoms with Crippen molar-refractivity contribution in [2.24, 2.45) is 0 Å². The Hall–Kier alpha value is -1.68. The number of ether oxygens (including phenoxy) is 1. The van der Waals surface area contributed by atoms with Crippen LogP contribution >= 0.6 is 11.3 Å². The lowest BCUT2D eigenvalue weighted by molar-refractivity contribution is 0.0978. The van der Waals surface area contributed by atoms with Crippen LogP contribution in [0.2, 0.25) is 0 Å². The van der Waals surface area contributed by atoms with Gasteiger partial charge in [-0.25, -0.2) is 4.98 Å². The van der Waals surface area contributed by atoms with Crippen molar-refractivity contribution < 1.29 is 9.53 Å². The molecule has 0 atom stereocenters. The quantitative estimate of drug-likeness (QED) is 0.792. The second-order valence-electron chi connectivity index (χ2n) is 4.34. The van der Waals surface area contributed by atoms with Crippen LogP contribution in [0.1, 0.15) is 28.0 Å². The van der Waals surface area contributed by atoms with Gasteiger partial charge in [-0.2, -0.15) is 0 Å². The predicted octanol–water partition coefficient (Wildman–Crippen LogP) is 2.89. The normalized spacial score (nSPS) is 13.1. The molecular formula is C14H13NO2S. The highest BCUT2D eigenvalue weighted by molar-refractivity contribution is 7.07. The minimum absolute atomic E-state index is 0.119. The monoisotopic (exact) mass is 259 g/mol. The van der Waals surface area contributed by atoms with E-state index in [1.165, 1.54) is 22.5 Å². The van der Waals surface area contributed by atoms with Gasteiger partial charge in [0.2, 0.25) is 0 Å². The lowest BCUT2D eigenvalue weighted by atomic mass is 10.0. The van der Waals surface area contributed by atoms with Gasteiger partial charge in [-0.1, -0.05) is 12.1 Å². The van der Waals surface area contributed by atoms with Crippen LogP contribution in [0.4, 0.5) is 0 Å². The van der Waals surface area contributed by atoms with Crippen LogP contribution in [0.3, 0.4) is 0 Å². The highest BCUT2D eigenvalue weighted by Crippen LogP contribution is 2.26. The maximum atomic E-state index is 11.8. The molecule has 2 heterocycles. The Balaban J connectivity index is 1.65. The zero-order chi connectivity index (χ0) is 12.4. The number of benzene rings is 1. The van der Waals surface area contributed by atoms with Crippen molar-refractivity contribution in [1.29, 1.82) is 0 Å². The Labute approximate surface area is 109 Å². The van der Waals surface area contributed by atoms with Gasteiger partial charge in [-0.05, 0) is 23.6 Å². The number of carbonyl (C=O) groups is 1. The topological polar surface area (TPSA) is 39.2 Å². The Morgan fingerprint density at radius 2 is 2.39 bits per heavy atom. The summed E-state index contributed by atoms with van der Waals surface area (Å²) in [6, 6.07) is 6.19. The summed E-state index contributed by atoms with van der Waals surface area (Å²) in [5.41, 5.74) is 4.74. The summed E-state index contributed by atoms with van der Waals surface area (Å²) < 4.78 is 5.46. The number of aromatic nitrogens is 1. The Bertz CT molecular complexity index is 563. The number of Topliss-reactive ketones (excluding diaryl/α,β-unsaturated/α-hetero) is 1. The summed E-state index contributed by atoms with van der Waals surface area (Å²) in [5.74, 6) is 1.11. The van der Waals surface area contributed by atoms with Crippen molar-refractivity contribution in [3.8, 4) is 5.75 Å². The Morgan fingerprint density at radius 1 is 1.44 bits per heavy atom. The predicted molar refractivity (Wildman–Crippen MR) is 70.4 cm³/mol. The van der Waals surface area contributed by atoms with E-state index in [2.05, 4.69) is 11.1 Å². The number of hydrogen-bond acceptors (Lipinski definition) is 4. The molecule has 1 aliphatic rings. The lowest BCUT2D eigenvalue weighted by Crippen LogP contribution is -2.01. The fourth-order valence-electron chi connectivity index (χ4n) is 2.13. The number of fused-ring (bicyclic) bond motifs is 1. The molecule has 0 radical (unpaired) electrons. The standard InChI is InChI=1S/C14H13NO2S/c16-13(12-8-18-9-15-12)3-1-10-2-4-14-11(7-10)5-6-17-14/h2,4,7-9H,1,3,5-6H2. The fraction of sp³-hybridized carbons (Fsp3) is 0.286. The van der Waals surface area contributed by atoms with Crippen molar-refractivity contribution in [1.82, 2.24) is 4.98 Å². The molecule has 3 nitrogen and oxygen atoms in total. The van der Waals surface area contributed by atoms with E-state index in [0.717, 1.165) is 25.2 Å². The third kappa shape index (κ3) is 2.29. The first kappa shape index (κ1) is 11.4. The lowest BCUT2D eigenvalue weighted by Gasteiger charge is -2.03. The fourth-order valence-corrected chi connectivity index (χ4v) is 2.69. The largest absolute Gasteiger partial charge is 0.493 e. The van der Waals surface area contributed by atoms with Gasteiger partial charge in [-0.15, -0.1) is 11.3 Å². The number of aryl methyl sites for hydroxylation is 1. The molecule has 0 fully saturated rings. The van der Waals surface area contributed by atoms with Crippen molar-refractivity contribution in [2.45, 2.75) is 19.3 Å². The number of rotatable bonds is 4. The first-order chi connectivity index (χ1) is 8.83. The maximum Gasteiger partial charge on any atom is 0.182 e. The summed E-state index contributed by atoms with van der Waals surface area (Å²) in [4.78, 5) is 15.9. The van der Waals surface area contributed by atoms with Gasteiger partial charge in [-0.3, -0.25) is 4.79 Å². The van der Waals surface area contributed by atoms with Gasteiger partial charge in [0.1, 0.15) is 11.4 Å². The van der Waals surface area contributed by atoms with Gasteiger partial charge < -0.3 is 4.74 Å². The van der Waals surface area contributed by atoms with Gasteiger partial charge in [0.25, 0.3) is 0 Å². The van der Waals surface area contributed by atoms with E-state index in [9.17, 15) is 4.79 Å². The molecular weight excluding hydrogens is 246 g/mol. The molecule has 0 saturated heterocycles. The van der Waals surface area contributed by atoms with Gasteiger partial charge in [0.15, 0.2) is 5.78 Å². The number of nitrogens with zero attached hydrogens (tertiary/aromatic N) is 1. The number of thiazole rings is 1. The summed E-state index contributed by atoms with van der Waals surface area (Å²) in [7, 11) is 0. The molecule has 2 aromatic rings. The number of ketones is 1. The van der Waals surface area contributed by atoms with E-state index in [0.29, 0.717) is 12.1 Å². The SMILES string of the molecule is O=C(CCc1ccc2c(c1)CCO2)c1cscn1. The van der Waals surface area contributed by atoms with Crippen molar-refractivity contribution in [3.63, 3.8) is 0 Å². The first-order valence-electron chi connectivity index (χ1n) is 5.99. The summed E-state index contributed by atoms with van der Waals surface area (Å²) in [6.45, 7) is 0.774. The van der Waals surface area contributed by atoms with Gasteiger partial charge in [0.05, 0.1) is 12.1 Å². The number of carbonyl (C=O) groups excluding carboxylic acids is 1. The smallest absolute Gasteiger partial charge is 0.182 e. The highest BCUT2D eigenvalue weighted by Gasteiger charge is 2.13. The summed E-state index contributed by atoms with van der Waals surface area (Å²) in [5, 5.41) is 1.80. The van der Waals surface area contributed by atoms with Gasteiger partial charge in [0, 0.05) is 18.2 Å². The zero-order valence-corrected chi connectivity index (χ0v) is 10.7. The molecule has 0 amide bonds. The van der Waals surface area contributed by atoms with E-state index in [-0.39, 0.29) is 5.78 Å². The van der Waals surface area contributed by atoms with E-state index in [1.54, 1.807) is 10.9 Å². The van der Waals surface area contributed by atoms with Crippen LogP contribution in [-0.4, -0.2) is 17.4 Å². The molecule has 1 aromatic carbocycles. The molecule has 0 bridgehead atoms. The highest BCUT2D eigenvalue weighted by atomic mass is 32.1. The minimum Gasteiger partial charge on any atom is -0.493 e. The Kier molecular flexibility index (Phi) is 3.11. The summed E-state index contributed by atoms with van der Waals surface area (Å²) >= 11 is 1.46. The molecule has 0 aliphatic carbocycles. The van der Waals surface area contributed by atoms with Crippen LogP contribution in [0, 0.1) is 0 Å². The molecule has 1 aromatic heterocycles. The second-order valence-corrected chi connectivity index (χ2v) is 5.06. The molecule has 0 saturated carbocycles. The second kappa shape index (κ2) is 4.90. The molecule has 1 aliphatic heterocycles. The van der Waals surface area contributed by atoms with Crippen LogP contribution in [0.25, 0.3) is 0 Å². The molecule has 0 N–H and O–H groups in total. The van der Waals surface area contributed by atoms with E-state index in [1.807, 2.05) is 12.1 Å². The van der Waals surface area contributed by atoms with Crippen LogP contribution < -0.4 is 4.74 Å². The van der Waals surface area contributed by atoms with E-state index in [4.69, 9.17) is 4.74 Å². The molecule has 4 heteroatoms. The molecule has 0 spiro atoms. The van der Waals surface area contributed by atoms with Crippen molar-refractivity contribution >= 4 is 17.1 Å². The van der Waals surface area contributed by atoms with E-state index < -0.39 is 0 Å². The summed E-state index contributed by atoms with van der Waals surface area (Å²) in [6.07, 6.45) is 2.26. The van der Waals surface area contributed by atoms with Crippen molar-refractivity contribution in [3.05, 3.63) is 45.9 Å². The average Bonchev–Trinajstić information content (AvgIpc) is 3.05. The van der Waals surface area contributed by atoms with Gasteiger partial charge >= 0.3 is 0 Å². The van der Waals surface area contributed by atoms with Crippen LogP contribution in [0.15, 0.2) is 29.1 Å². The third-order valence-corrected chi connectivity index (χ3v) is 3.70.